The molecule has 0 saturated carbocycles. The molecule has 168 valence electrons. The van der Waals surface area contributed by atoms with Crippen molar-refractivity contribution in [3.05, 3.63) is 66.0 Å². The molecule has 0 spiro atoms. The van der Waals surface area contributed by atoms with Crippen molar-refractivity contribution in [1.82, 2.24) is 14.9 Å². The summed E-state index contributed by atoms with van der Waals surface area (Å²) in [6.07, 6.45) is 2.68. The Morgan fingerprint density at radius 2 is 1.74 bits per heavy atom. The Morgan fingerprint density at radius 1 is 1.10 bits per heavy atom. The van der Waals surface area contributed by atoms with Crippen LogP contribution in [0.3, 0.4) is 0 Å². The Labute approximate surface area is 183 Å². The quantitative estimate of drug-likeness (QED) is 0.619. The number of halogens is 1. The van der Waals surface area contributed by atoms with Gasteiger partial charge in [0, 0.05) is 25.7 Å². The number of nitrogens with zero attached hydrogens (tertiary/aromatic N) is 1. The number of amides is 1. The number of piperidine rings is 1. The number of carbonyl (C=O) groups is 1. The molecule has 1 saturated heterocycles. The topological polar surface area (TPSA) is 78.5 Å². The highest BCUT2D eigenvalue weighted by molar-refractivity contribution is 7.89. The van der Waals surface area contributed by atoms with Crippen molar-refractivity contribution in [3.63, 3.8) is 0 Å². The zero-order valence-electron chi connectivity index (χ0n) is 17.8. The van der Waals surface area contributed by atoms with Crippen molar-refractivity contribution in [2.75, 3.05) is 13.1 Å². The Balaban J connectivity index is 1.54. The van der Waals surface area contributed by atoms with E-state index in [4.69, 9.17) is 0 Å². The van der Waals surface area contributed by atoms with Crippen LogP contribution in [0.15, 0.2) is 59.5 Å². The van der Waals surface area contributed by atoms with Gasteiger partial charge in [0.25, 0.3) is 0 Å². The lowest BCUT2D eigenvalue weighted by Gasteiger charge is -2.33. The predicted molar refractivity (Wildman–Crippen MR) is 118 cm³/mol. The molecule has 8 heteroatoms. The van der Waals surface area contributed by atoms with E-state index in [9.17, 15) is 17.6 Å². The molecule has 0 aliphatic carbocycles. The molecule has 2 aromatic carbocycles. The summed E-state index contributed by atoms with van der Waals surface area (Å²) >= 11 is 0. The summed E-state index contributed by atoms with van der Waals surface area (Å²) in [5.41, 5.74) is 1.27. The summed E-state index contributed by atoms with van der Waals surface area (Å²) in [5.74, 6) is -0.825. The number of sulfonamides is 1. The van der Waals surface area contributed by atoms with E-state index < -0.39 is 21.9 Å². The summed E-state index contributed by atoms with van der Waals surface area (Å²) in [7, 11) is -3.91. The molecule has 0 bridgehead atoms. The fourth-order valence-corrected chi connectivity index (χ4v) is 5.01. The van der Waals surface area contributed by atoms with Crippen molar-refractivity contribution in [2.45, 2.75) is 56.1 Å². The van der Waals surface area contributed by atoms with Gasteiger partial charge < -0.3 is 5.32 Å². The molecular weight excluding hydrogens is 417 g/mol. The molecular formula is C23H30FN3O3S. The summed E-state index contributed by atoms with van der Waals surface area (Å²) in [5, 5.41) is 3.02. The molecule has 1 heterocycles. The smallest absolute Gasteiger partial charge is 0.241 e. The van der Waals surface area contributed by atoms with Gasteiger partial charge in [-0.1, -0.05) is 43.7 Å². The fourth-order valence-electron chi connectivity index (χ4n) is 3.78. The van der Waals surface area contributed by atoms with Crippen molar-refractivity contribution >= 4 is 15.9 Å². The largest absolute Gasteiger partial charge is 0.352 e. The number of carbonyl (C=O) groups excluding carboxylic acids is 1. The minimum atomic E-state index is -3.91. The van der Waals surface area contributed by atoms with E-state index in [2.05, 4.69) is 27.1 Å². The third-order valence-electron chi connectivity index (χ3n) is 5.50. The third kappa shape index (κ3) is 6.85. The average molecular weight is 448 g/mol. The zero-order chi connectivity index (χ0) is 22.3. The van der Waals surface area contributed by atoms with Gasteiger partial charge in [-0.05, 0) is 49.1 Å². The van der Waals surface area contributed by atoms with Gasteiger partial charge >= 0.3 is 0 Å². The maximum absolute atomic E-state index is 13.1. The van der Waals surface area contributed by atoms with E-state index in [1.807, 2.05) is 25.1 Å². The van der Waals surface area contributed by atoms with Crippen LogP contribution < -0.4 is 10.0 Å². The molecule has 0 aromatic heterocycles. The average Bonchev–Trinajstić information content (AvgIpc) is 2.76. The first-order chi connectivity index (χ1) is 14.9. The van der Waals surface area contributed by atoms with Crippen LogP contribution in [-0.4, -0.2) is 44.4 Å². The van der Waals surface area contributed by atoms with E-state index in [-0.39, 0.29) is 16.8 Å². The monoisotopic (exact) mass is 447 g/mol. The first-order valence-electron chi connectivity index (χ1n) is 10.7. The van der Waals surface area contributed by atoms with Crippen LogP contribution >= 0.6 is 0 Å². The lowest BCUT2D eigenvalue weighted by molar-refractivity contribution is -0.123. The van der Waals surface area contributed by atoms with Crippen LogP contribution in [0.25, 0.3) is 0 Å². The maximum atomic E-state index is 13.1. The Bertz CT molecular complexity index is 944. The molecule has 0 radical (unpaired) electrons. The number of rotatable bonds is 9. The van der Waals surface area contributed by atoms with Gasteiger partial charge in [-0.25, -0.2) is 12.8 Å². The van der Waals surface area contributed by atoms with Crippen molar-refractivity contribution < 1.29 is 17.6 Å². The Morgan fingerprint density at radius 3 is 2.35 bits per heavy atom. The zero-order valence-corrected chi connectivity index (χ0v) is 18.6. The van der Waals surface area contributed by atoms with Crippen LogP contribution in [0.4, 0.5) is 4.39 Å². The van der Waals surface area contributed by atoms with Crippen LogP contribution in [-0.2, 0) is 21.4 Å². The van der Waals surface area contributed by atoms with Gasteiger partial charge in [0.1, 0.15) is 11.9 Å². The normalized spacial score (nSPS) is 16.7. The van der Waals surface area contributed by atoms with E-state index in [1.165, 1.54) is 17.7 Å². The summed E-state index contributed by atoms with van der Waals surface area (Å²) in [6.45, 7) is 4.53. The molecule has 1 atom stereocenters. The first kappa shape index (κ1) is 23.4. The highest BCUT2D eigenvalue weighted by atomic mass is 32.2. The van der Waals surface area contributed by atoms with Gasteiger partial charge in [-0.2, -0.15) is 4.72 Å². The van der Waals surface area contributed by atoms with E-state index in [1.54, 1.807) is 0 Å². The van der Waals surface area contributed by atoms with Crippen LogP contribution in [0.2, 0.25) is 0 Å². The van der Waals surface area contributed by atoms with Crippen molar-refractivity contribution in [1.29, 1.82) is 0 Å². The number of nitrogens with one attached hydrogen (secondary N) is 2. The van der Waals surface area contributed by atoms with Gasteiger partial charge in [0.05, 0.1) is 4.90 Å². The molecule has 1 aliphatic rings. The molecule has 1 unspecified atom stereocenters. The predicted octanol–water partition coefficient (Wildman–Crippen LogP) is 3.05. The van der Waals surface area contributed by atoms with Crippen molar-refractivity contribution in [2.24, 2.45) is 0 Å². The highest BCUT2D eigenvalue weighted by Gasteiger charge is 2.28. The molecule has 1 aliphatic heterocycles. The molecule has 2 N–H and O–H groups in total. The summed E-state index contributed by atoms with van der Waals surface area (Å²) < 4.78 is 40.8. The number of benzene rings is 2. The molecule has 1 amide bonds. The van der Waals surface area contributed by atoms with Crippen LogP contribution in [0.1, 0.15) is 38.2 Å². The lowest BCUT2D eigenvalue weighted by Crippen LogP contribution is -2.52. The third-order valence-corrected chi connectivity index (χ3v) is 6.99. The number of likely N-dealkylation sites (tertiary alicyclic amines) is 1. The molecule has 31 heavy (non-hydrogen) atoms. The second-order valence-corrected chi connectivity index (χ2v) is 9.68. The standard InChI is InChI=1S/C23H30FN3O3S/c1-2-6-22(26-31(29,30)21-11-9-19(24)10-12-21)23(28)25-20-13-15-27(16-14-20)17-18-7-4-3-5-8-18/h3-5,7-12,20,22,26H,2,6,13-17H2,1H3,(H,25,28). The molecule has 2 aromatic rings. The Kier molecular flexibility index (Phi) is 8.17. The minimum absolute atomic E-state index is 0.0224. The summed E-state index contributed by atoms with van der Waals surface area (Å²) in [6, 6.07) is 14.0. The maximum Gasteiger partial charge on any atom is 0.241 e. The Hall–Kier alpha value is -2.29. The first-order valence-corrected chi connectivity index (χ1v) is 12.2. The van der Waals surface area contributed by atoms with Crippen LogP contribution in [0, 0.1) is 5.82 Å². The molecule has 3 rings (SSSR count). The minimum Gasteiger partial charge on any atom is -0.352 e. The lowest BCUT2D eigenvalue weighted by atomic mass is 10.0. The van der Waals surface area contributed by atoms with Gasteiger partial charge in [0.2, 0.25) is 15.9 Å². The second-order valence-electron chi connectivity index (χ2n) is 7.96. The van der Waals surface area contributed by atoms with E-state index in [0.29, 0.717) is 12.8 Å². The van der Waals surface area contributed by atoms with Gasteiger partial charge in [-0.3, -0.25) is 9.69 Å². The summed E-state index contributed by atoms with van der Waals surface area (Å²) in [4.78, 5) is 15.1. The molecule has 6 nitrogen and oxygen atoms in total. The second kappa shape index (κ2) is 10.8. The van der Waals surface area contributed by atoms with E-state index >= 15 is 0 Å². The number of hydrogen-bond acceptors (Lipinski definition) is 4. The highest BCUT2D eigenvalue weighted by Crippen LogP contribution is 2.15. The molecule has 1 fully saturated rings. The fraction of sp³-hybridized carbons (Fsp3) is 0.435. The van der Waals surface area contributed by atoms with Crippen molar-refractivity contribution in [3.8, 4) is 0 Å². The van der Waals surface area contributed by atoms with Gasteiger partial charge in [0.15, 0.2) is 0 Å². The van der Waals surface area contributed by atoms with Crippen LogP contribution in [0.5, 0.6) is 0 Å². The number of hydrogen-bond donors (Lipinski definition) is 2. The van der Waals surface area contributed by atoms with Gasteiger partial charge in [-0.15, -0.1) is 0 Å². The van der Waals surface area contributed by atoms with E-state index in [0.717, 1.165) is 44.6 Å². The SMILES string of the molecule is CCCC(NS(=O)(=O)c1ccc(F)cc1)C(=O)NC1CCN(Cc2ccccc2)CC1.